The van der Waals surface area contributed by atoms with Crippen LogP contribution in [0.3, 0.4) is 0 Å². The van der Waals surface area contributed by atoms with Gasteiger partial charge in [-0.05, 0) is 50.3 Å². The Morgan fingerprint density at radius 2 is 1.67 bits per heavy atom. The molecule has 0 saturated carbocycles. The van der Waals surface area contributed by atoms with Gasteiger partial charge in [-0.15, -0.1) is 0 Å². The van der Waals surface area contributed by atoms with Crippen LogP contribution in [-0.2, 0) is 21.2 Å². The maximum absolute atomic E-state index is 12.6. The van der Waals surface area contributed by atoms with Crippen molar-refractivity contribution in [3.63, 3.8) is 0 Å². The van der Waals surface area contributed by atoms with E-state index in [9.17, 15) is 8.42 Å². The molecule has 148 valence electrons. The molecule has 0 bridgehead atoms. The summed E-state index contributed by atoms with van der Waals surface area (Å²) in [5.74, 6) is 0.612. The van der Waals surface area contributed by atoms with E-state index < -0.39 is 10.0 Å². The molecule has 0 aliphatic rings. The highest BCUT2D eigenvalue weighted by molar-refractivity contribution is 7.89. The summed E-state index contributed by atoms with van der Waals surface area (Å²) in [6.45, 7) is 1.23. The smallest absolute Gasteiger partial charge is 0.240 e. The molecule has 0 fully saturated rings. The highest BCUT2D eigenvalue weighted by Crippen LogP contribution is 2.16. The largest absolute Gasteiger partial charge is 0.491 e. The maximum atomic E-state index is 12.6. The number of likely N-dealkylation sites (N-methyl/N-ethyl adjacent to an activating group) is 1. The molecule has 0 aliphatic carbocycles. The van der Waals surface area contributed by atoms with Gasteiger partial charge in [0.05, 0.1) is 11.5 Å². The summed E-state index contributed by atoms with van der Waals surface area (Å²) >= 11 is 0. The molecule has 2 rings (SSSR count). The molecule has 2 aromatic carbocycles. The second-order valence-corrected chi connectivity index (χ2v) is 8.24. The molecule has 0 aromatic heterocycles. The van der Waals surface area contributed by atoms with Crippen LogP contribution < -0.4 is 9.46 Å². The van der Waals surface area contributed by atoms with Gasteiger partial charge in [-0.1, -0.05) is 30.3 Å². The average Bonchev–Trinajstić information content (AvgIpc) is 2.66. The van der Waals surface area contributed by atoms with Crippen LogP contribution in [0.15, 0.2) is 59.5 Å². The highest BCUT2D eigenvalue weighted by Gasteiger charge is 2.18. The number of rotatable bonds is 11. The first kappa shape index (κ1) is 21.4. The topological polar surface area (TPSA) is 67.9 Å². The van der Waals surface area contributed by atoms with E-state index in [1.807, 2.05) is 49.3 Å². The maximum Gasteiger partial charge on any atom is 0.240 e. The van der Waals surface area contributed by atoms with Crippen LogP contribution in [0.4, 0.5) is 0 Å². The molecule has 0 amide bonds. The molecule has 1 N–H and O–H groups in total. The van der Waals surface area contributed by atoms with Crippen LogP contribution in [0.1, 0.15) is 5.56 Å². The van der Waals surface area contributed by atoms with Crippen LogP contribution in [0.25, 0.3) is 0 Å². The number of hydrogen-bond acceptors (Lipinski definition) is 5. The molecule has 1 atom stereocenters. The number of hydrogen-bond donors (Lipinski definition) is 1. The van der Waals surface area contributed by atoms with E-state index in [4.69, 9.17) is 9.47 Å². The minimum atomic E-state index is -3.58. The standard InChI is InChI=1S/C20H28N2O4S/c1-22(2)18(15-17-7-5-4-6-8-17)16-21-27(23,24)20-11-9-19(10-12-20)26-14-13-25-3/h4-12,18,21H,13-16H2,1-3H3. The lowest BCUT2D eigenvalue weighted by atomic mass is 10.1. The van der Waals surface area contributed by atoms with Crippen molar-refractivity contribution in [1.29, 1.82) is 0 Å². The third kappa shape index (κ3) is 6.95. The predicted molar refractivity (Wildman–Crippen MR) is 107 cm³/mol. The average molecular weight is 393 g/mol. The van der Waals surface area contributed by atoms with Gasteiger partial charge in [-0.2, -0.15) is 0 Å². The predicted octanol–water partition coefficient (Wildman–Crippen LogP) is 2.16. The van der Waals surface area contributed by atoms with Crippen LogP contribution in [0.5, 0.6) is 5.75 Å². The van der Waals surface area contributed by atoms with E-state index in [0.717, 1.165) is 6.42 Å². The number of nitrogens with zero attached hydrogens (tertiary/aromatic N) is 1. The zero-order valence-corrected chi connectivity index (χ0v) is 16.9. The quantitative estimate of drug-likeness (QED) is 0.594. The molecule has 1 unspecified atom stereocenters. The number of benzene rings is 2. The summed E-state index contributed by atoms with van der Waals surface area (Å²) in [6.07, 6.45) is 0.767. The third-order valence-electron chi connectivity index (χ3n) is 4.24. The summed E-state index contributed by atoms with van der Waals surface area (Å²) in [5.41, 5.74) is 1.17. The van der Waals surface area contributed by atoms with Gasteiger partial charge in [0.15, 0.2) is 0 Å². The molecular weight excluding hydrogens is 364 g/mol. The Morgan fingerprint density at radius 3 is 2.26 bits per heavy atom. The van der Waals surface area contributed by atoms with Gasteiger partial charge in [0.1, 0.15) is 12.4 Å². The molecule has 27 heavy (non-hydrogen) atoms. The summed E-state index contributed by atoms with van der Waals surface area (Å²) < 4.78 is 38.3. The van der Waals surface area contributed by atoms with E-state index in [1.165, 1.54) is 5.56 Å². The summed E-state index contributed by atoms with van der Waals surface area (Å²) in [6, 6.07) is 16.5. The number of ether oxygens (including phenoxy) is 2. The van der Waals surface area contributed by atoms with Crippen LogP contribution >= 0.6 is 0 Å². The molecule has 0 radical (unpaired) electrons. The van der Waals surface area contributed by atoms with E-state index in [0.29, 0.717) is 25.5 Å². The molecule has 7 heteroatoms. The monoisotopic (exact) mass is 392 g/mol. The van der Waals surface area contributed by atoms with Crippen molar-refractivity contribution in [1.82, 2.24) is 9.62 Å². The van der Waals surface area contributed by atoms with Crippen molar-refractivity contribution in [2.75, 3.05) is 41.0 Å². The van der Waals surface area contributed by atoms with E-state index in [2.05, 4.69) is 4.72 Å². The number of nitrogens with one attached hydrogen (secondary N) is 1. The summed E-state index contributed by atoms with van der Waals surface area (Å²) in [5, 5.41) is 0. The fraction of sp³-hybridized carbons (Fsp3) is 0.400. The van der Waals surface area contributed by atoms with Gasteiger partial charge in [-0.3, -0.25) is 0 Å². The molecule has 0 aliphatic heterocycles. The van der Waals surface area contributed by atoms with Crippen molar-refractivity contribution in [3.05, 3.63) is 60.2 Å². The van der Waals surface area contributed by atoms with Crippen molar-refractivity contribution in [3.8, 4) is 5.75 Å². The molecule has 0 heterocycles. The van der Waals surface area contributed by atoms with Gasteiger partial charge in [0.25, 0.3) is 0 Å². The van der Waals surface area contributed by atoms with Gasteiger partial charge < -0.3 is 14.4 Å². The Balaban J connectivity index is 1.97. The summed E-state index contributed by atoms with van der Waals surface area (Å²) in [4.78, 5) is 2.25. The molecule has 0 spiro atoms. The third-order valence-corrected chi connectivity index (χ3v) is 5.68. The van der Waals surface area contributed by atoms with Gasteiger partial charge in [0.2, 0.25) is 10.0 Å². The molecule has 0 saturated heterocycles. The van der Waals surface area contributed by atoms with Crippen molar-refractivity contribution >= 4 is 10.0 Å². The first-order valence-corrected chi connectivity index (χ1v) is 10.3. The fourth-order valence-electron chi connectivity index (χ4n) is 2.57. The van der Waals surface area contributed by atoms with Crippen LogP contribution in [-0.4, -0.2) is 60.3 Å². The Labute approximate surface area is 162 Å². The normalized spacial score (nSPS) is 12.9. The van der Waals surface area contributed by atoms with Crippen molar-refractivity contribution < 1.29 is 17.9 Å². The lowest BCUT2D eigenvalue weighted by Crippen LogP contribution is -2.41. The van der Waals surface area contributed by atoms with E-state index in [-0.39, 0.29) is 10.9 Å². The minimum Gasteiger partial charge on any atom is -0.491 e. The lowest BCUT2D eigenvalue weighted by molar-refractivity contribution is 0.146. The minimum absolute atomic E-state index is 0.0545. The molecule has 2 aromatic rings. The van der Waals surface area contributed by atoms with Gasteiger partial charge in [-0.25, -0.2) is 13.1 Å². The second-order valence-electron chi connectivity index (χ2n) is 6.47. The number of methoxy groups -OCH3 is 1. The van der Waals surface area contributed by atoms with E-state index >= 15 is 0 Å². The SMILES string of the molecule is COCCOc1ccc(S(=O)(=O)NCC(Cc2ccccc2)N(C)C)cc1. The van der Waals surface area contributed by atoms with Crippen molar-refractivity contribution in [2.45, 2.75) is 17.4 Å². The first-order chi connectivity index (χ1) is 12.9. The van der Waals surface area contributed by atoms with Crippen molar-refractivity contribution in [2.24, 2.45) is 0 Å². The Morgan fingerprint density at radius 1 is 1.00 bits per heavy atom. The second kappa shape index (κ2) is 10.4. The Bertz CT molecular complexity index is 777. The Kier molecular flexibility index (Phi) is 8.24. The Hall–Kier alpha value is -1.93. The zero-order valence-electron chi connectivity index (χ0n) is 16.1. The lowest BCUT2D eigenvalue weighted by Gasteiger charge is -2.24. The van der Waals surface area contributed by atoms with E-state index in [1.54, 1.807) is 31.4 Å². The zero-order chi connectivity index (χ0) is 19.7. The fourth-order valence-corrected chi connectivity index (χ4v) is 3.64. The van der Waals surface area contributed by atoms with Crippen LogP contribution in [0, 0.1) is 0 Å². The summed E-state index contributed by atoms with van der Waals surface area (Å²) in [7, 11) is 1.93. The van der Waals surface area contributed by atoms with Gasteiger partial charge in [0, 0.05) is 19.7 Å². The van der Waals surface area contributed by atoms with Crippen LogP contribution in [0.2, 0.25) is 0 Å². The van der Waals surface area contributed by atoms with Gasteiger partial charge >= 0.3 is 0 Å². The number of sulfonamides is 1. The first-order valence-electron chi connectivity index (χ1n) is 8.84. The molecule has 6 nitrogen and oxygen atoms in total. The highest BCUT2D eigenvalue weighted by atomic mass is 32.2. The molecular formula is C20H28N2O4S.